The number of hydrogen-bond donors (Lipinski definition) is 2. The van der Waals surface area contributed by atoms with E-state index in [0.717, 1.165) is 25.0 Å². The molecule has 102 valence electrons. The monoisotopic (exact) mass is 289 g/mol. The fraction of sp³-hybridized carbons (Fsp3) is 0.500. The molecule has 0 saturated heterocycles. The summed E-state index contributed by atoms with van der Waals surface area (Å²) in [6.45, 7) is 0.456. The van der Waals surface area contributed by atoms with E-state index in [-0.39, 0.29) is 10.6 Å². The van der Waals surface area contributed by atoms with Gasteiger partial charge < -0.3 is 5.11 Å². The molecule has 0 bridgehead atoms. The number of phenolic OH excluding ortho intramolecular Hbond substituents is 1. The molecule has 4 nitrogen and oxygen atoms in total. The molecule has 0 fully saturated rings. The molecule has 0 heterocycles. The van der Waals surface area contributed by atoms with Crippen LogP contribution in [-0.4, -0.2) is 32.1 Å². The lowest BCUT2D eigenvalue weighted by Crippen LogP contribution is -2.24. The van der Waals surface area contributed by atoms with Crippen molar-refractivity contribution in [3.8, 4) is 5.75 Å². The van der Waals surface area contributed by atoms with E-state index < -0.39 is 10.0 Å². The molecule has 1 rings (SSSR count). The molecule has 0 unspecified atom stereocenters. The molecule has 0 spiro atoms. The zero-order valence-corrected chi connectivity index (χ0v) is 12.1. The van der Waals surface area contributed by atoms with E-state index in [4.69, 9.17) is 5.11 Å². The first kappa shape index (κ1) is 15.3. The van der Waals surface area contributed by atoms with Gasteiger partial charge in [-0.3, -0.25) is 0 Å². The summed E-state index contributed by atoms with van der Waals surface area (Å²) >= 11 is 1.80. The van der Waals surface area contributed by atoms with Gasteiger partial charge in [-0.1, -0.05) is 6.42 Å². The van der Waals surface area contributed by atoms with Gasteiger partial charge >= 0.3 is 0 Å². The van der Waals surface area contributed by atoms with E-state index in [1.807, 2.05) is 0 Å². The van der Waals surface area contributed by atoms with Crippen LogP contribution < -0.4 is 4.72 Å². The fourth-order valence-corrected chi connectivity index (χ4v) is 3.03. The highest BCUT2D eigenvalue weighted by Gasteiger charge is 2.12. The lowest BCUT2D eigenvalue weighted by atomic mass is 10.2. The highest BCUT2D eigenvalue weighted by Crippen LogP contribution is 2.14. The van der Waals surface area contributed by atoms with Crippen LogP contribution in [0.5, 0.6) is 5.75 Å². The lowest BCUT2D eigenvalue weighted by molar-refractivity contribution is 0.474. The maximum absolute atomic E-state index is 11.8. The van der Waals surface area contributed by atoms with Crippen molar-refractivity contribution in [3.05, 3.63) is 24.3 Å². The Kier molecular flexibility index (Phi) is 6.52. The van der Waals surface area contributed by atoms with Crippen LogP contribution in [0.3, 0.4) is 0 Å². The molecule has 0 atom stereocenters. The lowest BCUT2D eigenvalue weighted by Gasteiger charge is -2.06. The summed E-state index contributed by atoms with van der Waals surface area (Å²) in [6, 6.07) is 5.52. The normalized spacial score (nSPS) is 11.6. The van der Waals surface area contributed by atoms with Crippen molar-refractivity contribution in [1.29, 1.82) is 0 Å². The van der Waals surface area contributed by atoms with Crippen molar-refractivity contribution in [3.63, 3.8) is 0 Å². The number of aromatic hydroxyl groups is 1. The number of sulfonamides is 1. The van der Waals surface area contributed by atoms with Gasteiger partial charge in [0.2, 0.25) is 10.0 Å². The third-order valence-electron chi connectivity index (χ3n) is 2.46. The number of unbranched alkanes of at least 4 members (excludes halogenated alkanes) is 2. The first-order valence-corrected chi connectivity index (χ1v) is 8.71. The number of benzene rings is 1. The van der Waals surface area contributed by atoms with Gasteiger partial charge in [-0.25, -0.2) is 13.1 Å². The molecule has 6 heteroatoms. The molecule has 0 radical (unpaired) electrons. The van der Waals surface area contributed by atoms with Crippen molar-refractivity contribution in [2.24, 2.45) is 0 Å². The van der Waals surface area contributed by atoms with Crippen LogP contribution in [-0.2, 0) is 10.0 Å². The van der Waals surface area contributed by atoms with Gasteiger partial charge in [-0.15, -0.1) is 0 Å². The SMILES string of the molecule is CSCCCCCNS(=O)(=O)c1ccc(O)cc1. The molecule has 18 heavy (non-hydrogen) atoms. The van der Waals surface area contributed by atoms with E-state index >= 15 is 0 Å². The summed E-state index contributed by atoms with van der Waals surface area (Å²) in [4.78, 5) is 0.185. The Bertz CT molecular complexity index is 443. The van der Waals surface area contributed by atoms with Crippen LogP contribution in [0.4, 0.5) is 0 Å². The minimum Gasteiger partial charge on any atom is -0.508 e. The van der Waals surface area contributed by atoms with Crippen molar-refractivity contribution >= 4 is 21.8 Å². The summed E-state index contributed by atoms with van der Waals surface area (Å²) in [7, 11) is -3.44. The van der Waals surface area contributed by atoms with Gasteiger partial charge in [0.25, 0.3) is 0 Å². The molecule has 0 aliphatic heterocycles. The third kappa shape index (κ3) is 5.29. The average molecular weight is 289 g/mol. The van der Waals surface area contributed by atoms with Gasteiger partial charge in [0, 0.05) is 6.54 Å². The number of thioether (sulfide) groups is 1. The third-order valence-corrected chi connectivity index (χ3v) is 4.64. The number of hydrogen-bond acceptors (Lipinski definition) is 4. The molecule has 1 aromatic carbocycles. The molecule has 1 aromatic rings. The molecule has 2 N–H and O–H groups in total. The van der Waals surface area contributed by atoms with E-state index in [0.29, 0.717) is 6.54 Å². The highest BCUT2D eigenvalue weighted by molar-refractivity contribution is 7.98. The topological polar surface area (TPSA) is 66.4 Å². The van der Waals surface area contributed by atoms with Gasteiger partial charge in [0.15, 0.2) is 0 Å². The second-order valence-corrected chi connectivity index (χ2v) is 6.70. The van der Waals surface area contributed by atoms with Gasteiger partial charge in [-0.05, 0) is 49.1 Å². The Morgan fingerprint density at radius 2 is 1.83 bits per heavy atom. The number of rotatable bonds is 8. The van der Waals surface area contributed by atoms with Crippen LogP contribution in [0.1, 0.15) is 19.3 Å². The quantitative estimate of drug-likeness (QED) is 0.720. The number of nitrogens with one attached hydrogen (secondary N) is 1. The van der Waals surface area contributed by atoms with Crippen molar-refractivity contribution in [2.45, 2.75) is 24.2 Å². The predicted molar refractivity (Wildman–Crippen MR) is 75.5 cm³/mol. The molecular formula is C12H19NO3S2. The van der Waals surface area contributed by atoms with Gasteiger partial charge in [-0.2, -0.15) is 11.8 Å². The fourth-order valence-electron chi connectivity index (χ4n) is 1.46. The summed E-state index contributed by atoms with van der Waals surface area (Å²) in [5.74, 6) is 1.18. The molecule has 0 aliphatic carbocycles. The minimum absolute atomic E-state index is 0.0611. The maximum atomic E-state index is 11.8. The highest BCUT2D eigenvalue weighted by atomic mass is 32.2. The molecular weight excluding hydrogens is 270 g/mol. The van der Waals surface area contributed by atoms with Crippen LogP contribution >= 0.6 is 11.8 Å². The molecule has 0 saturated carbocycles. The molecule has 0 aliphatic rings. The van der Waals surface area contributed by atoms with Crippen LogP contribution in [0, 0.1) is 0 Å². The van der Waals surface area contributed by atoms with Crippen LogP contribution in [0.15, 0.2) is 29.2 Å². The van der Waals surface area contributed by atoms with Crippen molar-refractivity contribution in [1.82, 2.24) is 4.72 Å². The first-order chi connectivity index (χ1) is 8.56. The Hall–Kier alpha value is -0.720. The van der Waals surface area contributed by atoms with Gasteiger partial charge in [0.1, 0.15) is 5.75 Å². The minimum atomic E-state index is -3.44. The number of phenols is 1. The van der Waals surface area contributed by atoms with E-state index in [1.165, 1.54) is 24.3 Å². The Labute approximate surface area is 113 Å². The second kappa shape index (κ2) is 7.66. The Balaban J connectivity index is 2.38. The zero-order chi connectivity index (χ0) is 13.4. The Morgan fingerprint density at radius 1 is 1.17 bits per heavy atom. The summed E-state index contributed by atoms with van der Waals surface area (Å²) < 4.78 is 26.2. The van der Waals surface area contributed by atoms with E-state index in [2.05, 4.69) is 11.0 Å². The largest absolute Gasteiger partial charge is 0.508 e. The zero-order valence-electron chi connectivity index (χ0n) is 10.4. The van der Waals surface area contributed by atoms with Crippen molar-refractivity contribution < 1.29 is 13.5 Å². The van der Waals surface area contributed by atoms with Crippen LogP contribution in [0.2, 0.25) is 0 Å². The molecule has 0 aromatic heterocycles. The summed E-state index contributed by atoms with van der Waals surface area (Å²) in [6.07, 6.45) is 5.05. The predicted octanol–water partition coefficient (Wildman–Crippen LogP) is 2.20. The summed E-state index contributed by atoms with van der Waals surface area (Å²) in [5, 5.41) is 9.10. The molecule has 0 amide bonds. The summed E-state index contributed by atoms with van der Waals surface area (Å²) in [5.41, 5.74) is 0. The maximum Gasteiger partial charge on any atom is 0.240 e. The van der Waals surface area contributed by atoms with E-state index in [1.54, 1.807) is 11.8 Å². The second-order valence-electron chi connectivity index (χ2n) is 3.95. The Morgan fingerprint density at radius 3 is 2.44 bits per heavy atom. The van der Waals surface area contributed by atoms with Crippen LogP contribution in [0.25, 0.3) is 0 Å². The standard InChI is InChI=1S/C12H19NO3S2/c1-17-10-4-2-3-9-13-18(15,16)12-7-5-11(14)6-8-12/h5-8,13-14H,2-4,9-10H2,1H3. The van der Waals surface area contributed by atoms with Gasteiger partial charge in [0.05, 0.1) is 4.90 Å². The average Bonchev–Trinajstić information content (AvgIpc) is 2.34. The smallest absolute Gasteiger partial charge is 0.240 e. The van der Waals surface area contributed by atoms with Crippen molar-refractivity contribution in [2.75, 3.05) is 18.6 Å². The first-order valence-electron chi connectivity index (χ1n) is 5.84. The van der Waals surface area contributed by atoms with E-state index in [9.17, 15) is 8.42 Å².